The molecular formula is C50H43BBrN2O10. The summed E-state index contributed by atoms with van der Waals surface area (Å²) in [5.41, 5.74) is 8.01. The number of halogens is 1. The van der Waals surface area contributed by atoms with Crippen LogP contribution in [0.1, 0.15) is 66.4 Å². The standard InChI is InChI=1S/C25H21NO4.C16H12BrNO2.C9H10BO4/c1-2-30-25(29)18-9-7-17(8-10-18)22-6-4-3-5-21(22)16-26-14-13-19-15-20(24(27)28)11-12-23(19)26;17-14-4-2-1-3-13(14)10-18-8-7-11-9-12(16(19)20)5-6-15(11)18;1-2-13-9(11)7-3-5-8(6-4-7)14-10-12/h3-15H,2,16H2,1H3,(H,27,28);1-9H,10H2,(H,19,20);3-6,12H,2H2,1H3. The molecular weight excluding hydrogens is 879 g/mol. The summed E-state index contributed by atoms with van der Waals surface area (Å²) in [6.45, 7) is 5.62. The highest BCUT2D eigenvalue weighted by molar-refractivity contribution is 9.10. The lowest BCUT2D eigenvalue weighted by Crippen LogP contribution is -2.05. The fourth-order valence-corrected chi connectivity index (χ4v) is 7.23. The molecule has 0 bridgehead atoms. The molecule has 0 aliphatic heterocycles. The zero-order valence-electron chi connectivity index (χ0n) is 34.9. The average molecular weight is 923 g/mol. The van der Waals surface area contributed by atoms with Crippen LogP contribution in [0.25, 0.3) is 32.9 Å². The normalized spacial score (nSPS) is 10.5. The Balaban J connectivity index is 0.000000173. The van der Waals surface area contributed by atoms with Gasteiger partial charge in [-0.2, -0.15) is 0 Å². The van der Waals surface area contributed by atoms with Crippen LogP contribution in [0, 0.1) is 0 Å². The highest BCUT2D eigenvalue weighted by atomic mass is 79.9. The van der Waals surface area contributed by atoms with Gasteiger partial charge < -0.3 is 38.5 Å². The summed E-state index contributed by atoms with van der Waals surface area (Å²) in [5, 5.41) is 28.4. The summed E-state index contributed by atoms with van der Waals surface area (Å²) in [5.74, 6) is -2.06. The molecule has 323 valence electrons. The molecule has 3 N–H and O–H groups in total. The maximum atomic E-state index is 11.9. The van der Waals surface area contributed by atoms with E-state index in [-0.39, 0.29) is 17.5 Å². The van der Waals surface area contributed by atoms with Gasteiger partial charge in [0, 0.05) is 51.8 Å². The molecule has 0 amide bonds. The smallest absolute Gasteiger partial charge is 0.537 e. The number of hydrogen-bond donors (Lipinski definition) is 3. The summed E-state index contributed by atoms with van der Waals surface area (Å²) in [6.07, 6.45) is 3.95. The number of benzene rings is 6. The van der Waals surface area contributed by atoms with Crippen molar-refractivity contribution in [2.75, 3.05) is 13.2 Å². The van der Waals surface area contributed by atoms with Crippen molar-refractivity contribution in [3.63, 3.8) is 0 Å². The van der Waals surface area contributed by atoms with E-state index >= 15 is 0 Å². The third-order valence-corrected chi connectivity index (χ3v) is 10.7. The Morgan fingerprint density at radius 2 is 1.02 bits per heavy atom. The molecule has 2 aromatic heterocycles. The molecule has 1 radical (unpaired) electrons. The number of carbonyl (C=O) groups is 4. The van der Waals surface area contributed by atoms with Crippen LogP contribution in [0.2, 0.25) is 0 Å². The maximum absolute atomic E-state index is 11.9. The van der Waals surface area contributed by atoms with Gasteiger partial charge in [0.05, 0.1) is 35.5 Å². The molecule has 8 aromatic rings. The lowest BCUT2D eigenvalue weighted by molar-refractivity contribution is 0.0516. The van der Waals surface area contributed by atoms with Gasteiger partial charge in [-0.15, -0.1) is 0 Å². The number of carboxylic acid groups (broad SMARTS) is 2. The first-order chi connectivity index (χ1) is 31.0. The fraction of sp³-hybridized carbons (Fsp3) is 0.120. The molecule has 64 heavy (non-hydrogen) atoms. The Labute approximate surface area is 378 Å². The van der Waals surface area contributed by atoms with Crippen LogP contribution in [0.4, 0.5) is 0 Å². The van der Waals surface area contributed by atoms with Crippen LogP contribution in [-0.2, 0) is 22.6 Å². The molecule has 12 nitrogen and oxygen atoms in total. The largest absolute Gasteiger partial charge is 0.569 e. The van der Waals surface area contributed by atoms with E-state index in [1.165, 1.54) is 5.56 Å². The summed E-state index contributed by atoms with van der Waals surface area (Å²) < 4.78 is 19.8. The molecule has 0 aliphatic rings. The first-order valence-electron chi connectivity index (χ1n) is 20.1. The third-order valence-electron chi connectivity index (χ3n) is 9.95. The zero-order chi connectivity index (χ0) is 45.6. The van der Waals surface area contributed by atoms with Crippen molar-refractivity contribution in [2.45, 2.75) is 26.9 Å². The van der Waals surface area contributed by atoms with E-state index in [0.29, 0.717) is 49.9 Å². The molecule has 6 aromatic carbocycles. The topological polar surface area (TPSA) is 167 Å². The SMILES string of the molecule is CCOC(=O)c1ccc(-c2ccccc2Cn2ccc3cc(C(=O)O)ccc32)cc1.CCOC(=O)c1ccc(O[B]O)cc1.O=C(O)c1ccc2c(ccn2Cc2ccccc2Br)c1. The number of carbonyl (C=O) groups excluding carboxylic acids is 2. The molecule has 0 saturated heterocycles. The maximum Gasteiger partial charge on any atom is 0.569 e. The quantitative estimate of drug-likeness (QED) is 0.0748. The van der Waals surface area contributed by atoms with Crippen molar-refractivity contribution >= 4 is 69.3 Å². The minimum Gasteiger partial charge on any atom is -0.537 e. The van der Waals surface area contributed by atoms with Crippen molar-refractivity contribution in [3.05, 3.63) is 196 Å². The van der Waals surface area contributed by atoms with Crippen molar-refractivity contribution in [2.24, 2.45) is 0 Å². The Morgan fingerprint density at radius 3 is 1.50 bits per heavy atom. The van der Waals surface area contributed by atoms with Crippen LogP contribution in [0.3, 0.4) is 0 Å². The lowest BCUT2D eigenvalue weighted by atomic mass is 9.98. The second-order valence-corrected chi connectivity index (χ2v) is 14.9. The molecule has 0 atom stereocenters. The van der Waals surface area contributed by atoms with Gasteiger partial charge in [0.1, 0.15) is 5.75 Å². The summed E-state index contributed by atoms with van der Waals surface area (Å²) in [6, 6.07) is 44.1. The number of aromatic carboxylic acids is 2. The minimum absolute atomic E-state index is 0.280. The van der Waals surface area contributed by atoms with Crippen molar-refractivity contribution in [1.82, 2.24) is 9.13 Å². The first kappa shape index (κ1) is 46.1. The second kappa shape index (κ2) is 22.1. The van der Waals surface area contributed by atoms with Gasteiger partial charge in [-0.25, -0.2) is 19.2 Å². The van der Waals surface area contributed by atoms with Gasteiger partial charge in [-0.05, 0) is 127 Å². The van der Waals surface area contributed by atoms with Gasteiger partial charge in [0.15, 0.2) is 0 Å². The first-order valence-corrected chi connectivity index (χ1v) is 20.9. The molecule has 0 unspecified atom stereocenters. The number of carboxylic acids is 2. The van der Waals surface area contributed by atoms with Crippen LogP contribution in [-0.4, -0.2) is 69.1 Å². The Hall–Kier alpha value is -7.42. The number of nitrogens with zero attached hydrogens (tertiary/aromatic N) is 2. The monoisotopic (exact) mass is 921 g/mol. The van der Waals surface area contributed by atoms with Gasteiger partial charge in [0.2, 0.25) is 0 Å². The zero-order valence-corrected chi connectivity index (χ0v) is 36.5. The average Bonchev–Trinajstić information content (AvgIpc) is 3.91. The van der Waals surface area contributed by atoms with E-state index in [4.69, 9.17) is 19.6 Å². The van der Waals surface area contributed by atoms with Gasteiger partial charge >= 0.3 is 31.6 Å². The van der Waals surface area contributed by atoms with E-state index in [1.807, 2.05) is 79.1 Å². The molecule has 2 heterocycles. The van der Waals surface area contributed by atoms with E-state index in [9.17, 15) is 24.3 Å². The van der Waals surface area contributed by atoms with Crippen molar-refractivity contribution in [1.29, 1.82) is 0 Å². The van der Waals surface area contributed by atoms with Crippen LogP contribution >= 0.6 is 15.9 Å². The van der Waals surface area contributed by atoms with E-state index in [0.717, 1.165) is 49.5 Å². The number of hydrogen-bond acceptors (Lipinski definition) is 8. The van der Waals surface area contributed by atoms with Gasteiger partial charge in [-0.3, -0.25) is 0 Å². The van der Waals surface area contributed by atoms with E-state index < -0.39 is 11.9 Å². The Bertz CT molecular complexity index is 2890. The highest BCUT2D eigenvalue weighted by Gasteiger charge is 2.13. The molecule has 0 aliphatic carbocycles. The number of fused-ring (bicyclic) bond motifs is 2. The number of ether oxygens (including phenoxy) is 2. The molecule has 0 saturated carbocycles. The molecule has 14 heteroatoms. The number of rotatable bonds is 13. The van der Waals surface area contributed by atoms with E-state index in [2.05, 4.69) is 47.9 Å². The number of esters is 2. The highest BCUT2D eigenvalue weighted by Crippen LogP contribution is 2.28. The molecule has 8 rings (SSSR count). The fourth-order valence-electron chi connectivity index (χ4n) is 6.82. The predicted octanol–water partition coefficient (Wildman–Crippen LogP) is 10.2. The summed E-state index contributed by atoms with van der Waals surface area (Å²) in [4.78, 5) is 45.3. The second-order valence-electron chi connectivity index (χ2n) is 14.1. The molecule has 0 spiro atoms. The number of aromatic nitrogens is 2. The Morgan fingerprint density at radius 1 is 0.562 bits per heavy atom. The van der Waals surface area contributed by atoms with Gasteiger partial charge in [0.25, 0.3) is 0 Å². The van der Waals surface area contributed by atoms with Crippen LogP contribution in [0.5, 0.6) is 5.75 Å². The molecule has 0 fully saturated rings. The Kier molecular flexibility index (Phi) is 15.9. The van der Waals surface area contributed by atoms with Gasteiger partial charge in [-0.1, -0.05) is 70.5 Å². The summed E-state index contributed by atoms with van der Waals surface area (Å²) >= 11 is 3.55. The minimum atomic E-state index is -0.929. The van der Waals surface area contributed by atoms with Crippen LogP contribution < -0.4 is 4.65 Å². The van der Waals surface area contributed by atoms with Crippen LogP contribution in [0.15, 0.2) is 162 Å². The van der Waals surface area contributed by atoms with Crippen molar-refractivity contribution in [3.8, 4) is 16.9 Å². The summed E-state index contributed by atoms with van der Waals surface area (Å²) in [7, 11) is 0.583. The van der Waals surface area contributed by atoms with Crippen molar-refractivity contribution < 1.29 is 48.5 Å². The van der Waals surface area contributed by atoms with E-state index in [1.54, 1.807) is 74.5 Å². The predicted molar refractivity (Wildman–Crippen MR) is 249 cm³/mol. The lowest BCUT2D eigenvalue weighted by Gasteiger charge is -2.12. The third kappa shape index (κ3) is 11.7.